The van der Waals surface area contributed by atoms with Crippen LogP contribution < -0.4 is 0 Å². The van der Waals surface area contributed by atoms with Gasteiger partial charge in [0, 0.05) is 5.02 Å². The molecule has 0 bridgehead atoms. The molecule has 0 aliphatic rings. The Labute approximate surface area is 130 Å². The molecule has 4 nitrogen and oxygen atoms in total. The Bertz CT molecular complexity index is 728. The number of carboxylic acids is 1. The molecule has 2 aromatic rings. The Kier molecular flexibility index (Phi) is 4.10. The Morgan fingerprint density at radius 2 is 1.86 bits per heavy atom. The van der Waals surface area contributed by atoms with E-state index in [1.54, 1.807) is 0 Å². The summed E-state index contributed by atoms with van der Waals surface area (Å²) in [6, 6.07) is 3.90. The molecule has 1 N–H and O–H groups in total. The monoisotopic (exact) mass is 358 g/mol. The average molecular weight is 360 g/mol. The minimum absolute atomic E-state index is 0.0240. The molecule has 1 aromatic heterocycles. The van der Waals surface area contributed by atoms with Gasteiger partial charge in [-0.2, -0.15) is 18.3 Å². The molecular formula is C11H4Cl3F3N2O2. The summed E-state index contributed by atoms with van der Waals surface area (Å²) in [5, 5.41) is 11.6. The second kappa shape index (κ2) is 5.40. The predicted molar refractivity (Wildman–Crippen MR) is 70.6 cm³/mol. The van der Waals surface area contributed by atoms with E-state index in [-0.39, 0.29) is 15.7 Å². The van der Waals surface area contributed by atoms with Gasteiger partial charge in [0.1, 0.15) is 10.7 Å². The summed E-state index contributed by atoms with van der Waals surface area (Å²) in [7, 11) is 0. The highest BCUT2D eigenvalue weighted by Crippen LogP contribution is 2.37. The molecule has 10 heteroatoms. The Balaban J connectivity index is 2.74. The molecule has 0 atom stereocenters. The van der Waals surface area contributed by atoms with Gasteiger partial charge in [-0.15, -0.1) is 0 Å². The average Bonchev–Trinajstić information content (AvgIpc) is 2.67. The first-order valence-corrected chi connectivity index (χ1v) is 6.30. The fourth-order valence-corrected chi connectivity index (χ4v) is 2.39. The van der Waals surface area contributed by atoms with Gasteiger partial charge >= 0.3 is 12.1 Å². The second-order valence-corrected chi connectivity index (χ2v) is 5.03. The molecule has 0 aliphatic carbocycles. The zero-order chi connectivity index (χ0) is 15.9. The number of benzene rings is 1. The van der Waals surface area contributed by atoms with Crippen LogP contribution in [0.5, 0.6) is 0 Å². The number of carboxylic acid groups (broad SMARTS) is 1. The Morgan fingerprint density at radius 1 is 1.24 bits per heavy atom. The van der Waals surface area contributed by atoms with Crippen molar-refractivity contribution in [2.75, 3.05) is 0 Å². The van der Waals surface area contributed by atoms with E-state index in [9.17, 15) is 18.0 Å². The van der Waals surface area contributed by atoms with Crippen LogP contribution in [-0.4, -0.2) is 20.9 Å². The number of alkyl halides is 3. The van der Waals surface area contributed by atoms with E-state index in [1.807, 2.05) is 0 Å². The minimum Gasteiger partial charge on any atom is -0.478 e. The van der Waals surface area contributed by atoms with Crippen LogP contribution >= 0.6 is 34.8 Å². The second-order valence-electron chi connectivity index (χ2n) is 3.82. The van der Waals surface area contributed by atoms with Gasteiger partial charge in [0.2, 0.25) is 0 Å². The third-order valence-electron chi connectivity index (χ3n) is 2.45. The van der Waals surface area contributed by atoms with E-state index in [4.69, 9.17) is 39.9 Å². The third-order valence-corrected chi connectivity index (χ3v) is 3.34. The summed E-state index contributed by atoms with van der Waals surface area (Å²) in [5.41, 5.74) is -2.77. The number of rotatable bonds is 2. The number of nitrogens with zero attached hydrogens (tertiary/aromatic N) is 2. The van der Waals surface area contributed by atoms with Gasteiger partial charge in [0.05, 0.1) is 10.7 Å². The molecule has 1 heterocycles. The van der Waals surface area contributed by atoms with E-state index in [0.29, 0.717) is 4.68 Å². The molecule has 0 aliphatic heterocycles. The van der Waals surface area contributed by atoms with Crippen LogP contribution in [0.25, 0.3) is 5.69 Å². The Morgan fingerprint density at radius 3 is 2.29 bits per heavy atom. The van der Waals surface area contributed by atoms with Crippen molar-refractivity contribution in [3.05, 3.63) is 44.7 Å². The third kappa shape index (κ3) is 2.95. The van der Waals surface area contributed by atoms with E-state index >= 15 is 0 Å². The summed E-state index contributed by atoms with van der Waals surface area (Å²) < 4.78 is 39.1. The molecule has 0 fully saturated rings. The summed E-state index contributed by atoms with van der Waals surface area (Å²) in [6.07, 6.45) is -4.97. The SMILES string of the molecule is O=C(O)c1c(C(F)(F)F)nn(-c2ccc(Cl)cc2Cl)c1Cl. The molecule has 21 heavy (non-hydrogen) atoms. The molecule has 0 saturated carbocycles. The lowest BCUT2D eigenvalue weighted by atomic mass is 10.2. The molecule has 0 saturated heterocycles. The number of carbonyl (C=O) groups is 1. The fourth-order valence-electron chi connectivity index (χ4n) is 1.60. The first-order chi connectivity index (χ1) is 9.62. The largest absolute Gasteiger partial charge is 0.478 e. The predicted octanol–water partition coefficient (Wildman–Crippen LogP) is 4.55. The van der Waals surface area contributed by atoms with Crippen LogP contribution in [-0.2, 0) is 6.18 Å². The summed E-state index contributed by atoms with van der Waals surface area (Å²) >= 11 is 17.2. The molecule has 0 amide bonds. The lowest BCUT2D eigenvalue weighted by molar-refractivity contribution is -0.141. The van der Waals surface area contributed by atoms with Crippen LogP contribution in [0.3, 0.4) is 0 Å². The van der Waals surface area contributed by atoms with Crippen molar-refractivity contribution < 1.29 is 23.1 Å². The number of aromatic nitrogens is 2. The van der Waals surface area contributed by atoms with Gasteiger partial charge in [-0.05, 0) is 18.2 Å². The van der Waals surface area contributed by atoms with Crippen molar-refractivity contribution >= 4 is 40.8 Å². The lowest BCUT2D eigenvalue weighted by Crippen LogP contribution is -2.12. The number of halogens is 6. The molecule has 0 unspecified atom stereocenters. The molecule has 1 aromatic carbocycles. The zero-order valence-corrected chi connectivity index (χ0v) is 12.0. The quantitative estimate of drug-likeness (QED) is 0.856. The van der Waals surface area contributed by atoms with E-state index < -0.39 is 28.6 Å². The molecule has 0 spiro atoms. The highest BCUT2D eigenvalue weighted by Gasteiger charge is 2.41. The fraction of sp³-hybridized carbons (Fsp3) is 0.0909. The topological polar surface area (TPSA) is 55.1 Å². The van der Waals surface area contributed by atoms with Crippen molar-refractivity contribution in [3.8, 4) is 5.69 Å². The Hall–Kier alpha value is -1.44. The molecule has 2 rings (SSSR count). The maximum atomic E-state index is 12.8. The van der Waals surface area contributed by atoms with Gasteiger partial charge in [0.15, 0.2) is 5.69 Å². The maximum absolute atomic E-state index is 12.8. The van der Waals surface area contributed by atoms with Gasteiger partial charge in [-0.25, -0.2) is 9.48 Å². The highest BCUT2D eigenvalue weighted by atomic mass is 35.5. The van der Waals surface area contributed by atoms with E-state index in [0.717, 1.165) is 0 Å². The standard InChI is InChI=1S/C11H4Cl3F3N2O2/c12-4-1-2-6(5(13)3-4)19-9(14)7(10(20)21)8(18-19)11(15,16)17/h1-3H,(H,20,21). The number of hydrogen-bond acceptors (Lipinski definition) is 2. The van der Waals surface area contributed by atoms with Crippen LogP contribution in [0.1, 0.15) is 16.1 Å². The smallest absolute Gasteiger partial charge is 0.436 e. The lowest BCUT2D eigenvalue weighted by Gasteiger charge is -2.06. The van der Waals surface area contributed by atoms with E-state index in [1.165, 1.54) is 18.2 Å². The van der Waals surface area contributed by atoms with Gasteiger partial charge < -0.3 is 5.11 Å². The summed E-state index contributed by atoms with van der Waals surface area (Å²) in [6.45, 7) is 0. The van der Waals surface area contributed by atoms with Crippen molar-refractivity contribution in [2.45, 2.75) is 6.18 Å². The highest BCUT2D eigenvalue weighted by molar-refractivity contribution is 6.36. The van der Waals surface area contributed by atoms with E-state index in [2.05, 4.69) is 5.10 Å². The normalized spacial score (nSPS) is 11.7. The number of hydrogen-bond donors (Lipinski definition) is 1. The summed E-state index contributed by atoms with van der Waals surface area (Å²) in [4.78, 5) is 11.0. The van der Waals surface area contributed by atoms with Crippen LogP contribution in [0.2, 0.25) is 15.2 Å². The van der Waals surface area contributed by atoms with Crippen molar-refractivity contribution in [3.63, 3.8) is 0 Å². The van der Waals surface area contributed by atoms with Gasteiger partial charge in [0.25, 0.3) is 0 Å². The number of aromatic carboxylic acids is 1. The zero-order valence-electron chi connectivity index (χ0n) is 9.75. The summed E-state index contributed by atoms with van der Waals surface area (Å²) in [5.74, 6) is -1.84. The van der Waals surface area contributed by atoms with Gasteiger partial charge in [-0.3, -0.25) is 0 Å². The molecular weight excluding hydrogens is 355 g/mol. The first kappa shape index (κ1) is 15.9. The maximum Gasteiger partial charge on any atom is 0.436 e. The minimum atomic E-state index is -4.97. The van der Waals surface area contributed by atoms with Crippen LogP contribution in [0.15, 0.2) is 18.2 Å². The van der Waals surface area contributed by atoms with Gasteiger partial charge in [-0.1, -0.05) is 34.8 Å². The molecule has 0 radical (unpaired) electrons. The van der Waals surface area contributed by atoms with Crippen LogP contribution in [0, 0.1) is 0 Å². The van der Waals surface area contributed by atoms with Crippen molar-refractivity contribution in [1.29, 1.82) is 0 Å². The van der Waals surface area contributed by atoms with Crippen molar-refractivity contribution in [2.24, 2.45) is 0 Å². The first-order valence-electron chi connectivity index (χ1n) is 5.17. The van der Waals surface area contributed by atoms with Crippen LogP contribution in [0.4, 0.5) is 13.2 Å². The van der Waals surface area contributed by atoms with Crippen molar-refractivity contribution in [1.82, 2.24) is 9.78 Å². The molecule has 112 valence electrons.